The van der Waals surface area contributed by atoms with Gasteiger partial charge in [-0.15, -0.1) is 0 Å². The molecule has 0 amide bonds. The second-order valence-electron chi connectivity index (χ2n) is 2.30. The van der Waals surface area contributed by atoms with E-state index >= 15 is 0 Å². The number of aromatic nitrogens is 1. The zero-order valence-electron chi connectivity index (χ0n) is 6.34. The number of nitrogens with two attached hydrogens (primary N) is 1. The molecule has 3 N–H and O–H groups in total. The second kappa shape index (κ2) is 2.98. The van der Waals surface area contributed by atoms with Gasteiger partial charge in [0.15, 0.2) is 0 Å². The first kappa shape index (κ1) is 8.80. The van der Waals surface area contributed by atoms with E-state index in [0.717, 1.165) is 6.20 Å². The summed E-state index contributed by atoms with van der Waals surface area (Å²) in [4.78, 5) is 14.2. The first-order valence-electron chi connectivity index (χ1n) is 3.18. The highest BCUT2D eigenvalue weighted by molar-refractivity contribution is 6.34. The Hall–Kier alpha value is -1.29. The van der Waals surface area contributed by atoms with E-state index in [1.165, 1.54) is 0 Å². The zero-order valence-corrected chi connectivity index (χ0v) is 7.09. The van der Waals surface area contributed by atoms with Crippen molar-refractivity contribution in [1.29, 1.82) is 0 Å². The minimum atomic E-state index is -1.10. The summed E-state index contributed by atoms with van der Waals surface area (Å²) in [5.74, 6) is -0.847. The fraction of sp³-hybridized carbons (Fsp3) is 0.143. The summed E-state index contributed by atoms with van der Waals surface area (Å²) in [5.41, 5.74) is 5.87. The van der Waals surface area contributed by atoms with Gasteiger partial charge in [-0.25, -0.2) is 9.78 Å². The van der Waals surface area contributed by atoms with Gasteiger partial charge in [0.1, 0.15) is 5.82 Å². The van der Waals surface area contributed by atoms with E-state index in [9.17, 15) is 4.79 Å². The smallest absolute Gasteiger partial charge is 0.338 e. The van der Waals surface area contributed by atoms with Crippen LogP contribution in [0.1, 0.15) is 15.9 Å². The zero-order chi connectivity index (χ0) is 9.30. The number of carbonyl (C=O) groups is 1. The van der Waals surface area contributed by atoms with Crippen LogP contribution in [0.15, 0.2) is 6.20 Å². The van der Waals surface area contributed by atoms with Crippen molar-refractivity contribution in [2.75, 3.05) is 5.73 Å². The fourth-order valence-corrected chi connectivity index (χ4v) is 0.978. The van der Waals surface area contributed by atoms with E-state index in [-0.39, 0.29) is 16.4 Å². The van der Waals surface area contributed by atoms with E-state index in [4.69, 9.17) is 22.4 Å². The molecule has 0 aliphatic heterocycles. The van der Waals surface area contributed by atoms with Crippen LogP contribution in [0, 0.1) is 6.92 Å². The molecular weight excluding hydrogens is 180 g/mol. The van der Waals surface area contributed by atoms with E-state index < -0.39 is 5.97 Å². The fourth-order valence-electron chi connectivity index (χ4n) is 0.751. The maximum atomic E-state index is 10.5. The summed E-state index contributed by atoms with van der Waals surface area (Å²) in [6.07, 6.45) is 1.15. The molecule has 0 radical (unpaired) electrons. The number of anilines is 1. The molecule has 0 aromatic carbocycles. The van der Waals surface area contributed by atoms with E-state index in [1.807, 2.05) is 0 Å². The summed E-state index contributed by atoms with van der Waals surface area (Å²) >= 11 is 5.69. The number of carboxylic acids is 1. The van der Waals surface area contributed by atoms with Crippen molar-refractivity contribution in [3.05, 3.63) is 22.3 Å². The normalized spacial score (nSPS) is 9.83. The molecule has 0 fully saturated rings. The molecule has 0 unspecified atom stereocenters. The molecule has 1 aromatic heterocycles. The van der Waals surface area contributed by atoms with Gasteiger partial charge in [-0.05, 0) is 6.92 Å². The molecule has 0 atom stereocenters. The number of nitrogen functional groups attached to an aromatic ring is 1. The summed E-state index contributed by atoms with van der Waals surface area (Å²) in [7, 11) is 0. The van der Waals surface area contributed by atoms with Gasteiger partial charge in [-0.3, -0.25) is 0 Å². The number of aromatic carboxylic acids is 1. The van der Waals surface area contributed by atoms with Crippen LogP contribution < -0.4 is 5.73 Å². The lowest BCUT2D eigenvalue weighted by Crippen LogP contribution is -2.03. The quantitative estimate of drug-likeness (QED) is 0.694. The summed E-state index contributed by atoms with van der Waals surface area (Å²) < 4.78 is 0. The first-order chi connectivity index (χ1) is 5.54. The lowest BCUT2D eigenvalue weighted by molar-refractivity contribution is 0.0696. The predicted octanol–water partition coefficient (Wildman–Crippen LogP) is 1.32. The van der Waals surface area contributed by atoms with Gasteiger partial charge in [0.25, 0.3) is 0 Å². The van der Waals surface area contributed by atoms with Gasteiger partial charge < -0.3 is 10.8 Å². The number of pyridine rings is 1. The Morgan fingerprint density at radius 1 is 1.75 bits per heavy atom. The summed E-state index contributed by atoms with van der Waals surface area (Å²) in [6.45, 7) is 1.62. The summed E-state index contributed by atoms with van der Waals surface area (Å²) in [6, 6.07) is 0. The monoisotopic (exact) mass is 186 g/mol. The highest BCUT2D eigenvalue weighted by Crippen LogP contribution is 2.22. The Bertz CT molecular complexity index is 338. The minimum Gasteiger partial charge on any atom is -0.478 e. The number of rotatable bonds is 1. The van der Waals surface area contributed by atoms with Crippen LogP contribution in [0.5, 0.6) is 0 Å². The molecule has 0 aliphatic rings. The van der Waals surface area contributed by atoms with Crippen molar-refractivity contribution in [2.45, 2.75) is 6.92 Å². The van der Waals surface area contributed by atoms with E-state index in [1.54, 1.807) is 6.92 Å². The SMILES string of the molecule is Cc1c(N)ncc(C(=O)O)c1Cl. The Kier molecular flexibility index (Phi) is 2.19. The van der Waals surface area contributed by atoms with Crippen LogP contribution in [0.25, 0.3) is 0 Å². The van der Waals surface area contributed by atoms with Gasteiger partial charge >= 0.3 is 5.97 Å². The van der Waals surface area contributed by atoms with Crippen molar-refractivity contribution in [1.82, 2.24) is 4.98 Å². The summed E-state index contributed by atoms with van der Waals surface area (Å²) in [5, 5.41) is 8.76. The van der Waals surface area contributed by atoms with E-state index in [2.05, 4.69) is 4.98 Å². The number of carboxylic acid groups (broad SMARTS) is 1. The van der Waals surface area contributed by atoms with Crippen LogP contribution in [0.3, 0.4) is 0 Å². The average Bonchev–Trinajstić information content (AvgIpc) is 2.00. The third-order valence-corrected chi connectivity index (χ3v) is 2.00. The third kappa shape index (κ3) is 1.33. The predicted molar refractivity (Wildman–Crippen MR) is 45.4 cm³/mol. The molecule has 1 heterocycles. The Morgan fingerprint density at radius 2 is 2.33 bits per heavy atom. The molecule has 64 valence electrons. The topological polar surface area (TPSA) is 76.2 Å². The molecule has 5 heteroatoms. The molecule has 0 saturated carbocycles. The molecule has 0 aliphatic carbocycles. The van der Waals surface area contributed by atoms with Gasteiger partial charge in [-0.2, -0.15) is 0 Å². The molecule has 0 saturated heterocycles. The van der Waals surface area contributed by atoms with Gasteiger partial charge in [0.05, 0.1) is 10.6 Å². The minimum absolute atomic E-state index is 0.0247. The molecule has 0 spiro atoms. The molecular formula is C7H7ClN2O2. The Balaban J connectivity index is 3.36. The molecule has 0 bridgehead atoms. The van der Waals surface area contributed by atoms with Crippen LogP contribution in [0.4, 0.5) is 5.82 Å². The number of hydrogen-bond acceptors (Lipinski definition) is 3. The van der Waals surface area contributed by atoms with Crippen LogP contribution in [-0.4, -0.2) is 16.1 Å². The van der Waals surface area contributed by atoms with Crippen molar-refractivity contribution in [2.24, 2.45) is 0 Å². The van der Waals surface area contributed by atoms with Crippen molar-refractivity contribution >= 4 is 23.4 Å². The Labute approximate surface area is 74.0 Å². The first-order valence-corrected chi connectivity index (χ1v) is 3.55. The Morgan fingerprint density at radius 3 is 2.83 bits per heavy atom. The van der Waals surface area contributed by atoms with Crippen molar-refractivity contribution in [3.8, 4) is 0 Å². The van der Waals surface area contributed by atoms with Gasteiger partial charge in [-0.1, -0.05) is 11.6 Å². The van der Waals surface area contributed by atoms with Crippen molar-refractivity contribution < 1.29 is 9.90 Å². The molecule has 4 nitrogen and oxygen atoms in total. The lowest BCUT2D eigenvalue weighted by atomic mass is 10.2. The largest absolute Gasteiger partial charge is 0.478 e. The maximum absolute atomic E-state index is 10.5. The third-order valence-electron chi connectivity index (χ3n) is 1.51. The van der Waals surface area contributed by atoms with Gasteiger partial charge in [0.2, 0.25) is 0 Å². The molecule has 12 heavy (non-hydrogen) atoms. The van der Waals surface area contributed by atoms with Crippen LogP contribution in [0.2, 0.25) is 5.02 Å². The van der Waals surface area contributed by atoms with Gasteiger partial charge in [0, 0.05) is 11.8 Å². The van der Waals surface area contributed by atoms with E-state index in [0.29, 0.717) is 5.56 Å². The van der Waals surface area contributed by atoms with Crippen molar-refractivity contribution in [3.63, 3.8) is 0 Å². The highest BCUT2D eigenvalue weighted by atomic mass is 35.5. The second-order valence-corrected chi connectivity index (χ2v) is 2.68. The number of halogens is 1. The lowest BCUT2D eigenvalue weighted by Gasteiger charge is -2.03. The standard InChI is InChI=1S/C7H7ClN2O2/c1-3-5(8)4(7(11)12)2-10-6(3)9/h2H,1H3,(H2,9,10)(H,11,12). The molecule has 1 rings (SSSR count). The number of hydrogen-bond donors (Lipinski definition) is 2. The van der Waals surface area contributed by atoms with Crippen LogP contribution >= 0.6 is 11.6 Å². The maximum Gasteiger partial charge on any atom is 0.338 e. The molecule has 1 aromatic rings. The average molecular weight is 187 g/mol. The van der Waals surface area contributed by atoms with Crippen LogP contribution in [-0.2, 0) is 0 Å². The number of nitrogens with zero attached hydrogens (tertiary/aromatic N) is 1. The highest BCUT2D eigenvalue weighted by Gasteiger charge is 2.12.